The van der Waals surface area contributed by atoms with Crippen molar-refractivity contribution in [1.29, 1.82) is 0 Å². The maximum Gasteiger partial charge on any atom is 0.294 e. The third kappa shape index (κ3) is 3.53. The highest BCUT2D eigenvalue weighted by molar-refractivity contribution is 6.30. The second-order valence-electron chi connectivity index (χ2n) is 3.70. The Labute approximate surface area is 114 Å². The Kier molecular flexibility index (Phi) is 4.10. The Balaban J connectivity index is 2.10. The molecule has 0 amide bonds. The molecule has 0 aliphatic carbocycles. The molecular formula is C13H10ClN3O2. The number of rotatable bonds is 4. The van der Waals surface area contributed by atoms with Crippen molar-refractivity contribution in [2.75, 3.05) is 5.43 Å². The molecule has 0 saturated heterocycles. The molecule has 0 radical (unpaired) electrons. The van der Waals surface area contributed by atoms with Crippen molar-refractivity contribution in [1.82, 2.24) is 0 Å². The smallest absolute Gasteiger partial charge is 0.272 e. The average molecular weight is 276 g/mol. The molecular weight excluding hydrogens is 266 g/mol. The fourth-order valence-corrected chi connectivity index (χ4v) is 1.58. The van der Waals surface area contributed by atoms with Gasteiger partial charge in [0.15, 0.2) is 0 Å². The van der Waals surface area contributed by atoms with Gasteiger partial charge in [-0.3, -0.25) is 15.5 Å². The lowest BCUT2D eigenvalue weighted by molar-refractivity contribution is -0.384. The molecule has 0 aliphatic heterocycles. The zero-order valence-electron chi connectivity index (χ0n) is 9.79. The number of hydrogen-bond acceptors (Lipinski definition) is 4. The standard InChI is InChI=1S/C13H10ClN3O2/c14-11-7-5-10(6-8-11)9-15-16-12-3-1-2-4-13(12)17(18)19/h1-9,16H/b15-9-. The summed E-state index contributed by atoms with van der Waals surface area (Å²) < 4.78 is 0. The van der Waals surface area contributed by atoms with Gasteiger partial charge < -0.3 is 0 Å². The third-order valence-corrected chi connectivity index (χ3v) is 2.62. The van der Waals surface area contributed by atoms with Crippen molar-refractivity contribution in [3.05, 3.63) is 69.2 Å². The first-order chi connectivity index (χ1) is 9.16. The van der Waals surface area contributed by atoms with Crippen molar-refractivity contribution in [2.24, 2.45) is 5.10 Å². The summed E-state index contributed by atoms with van der Waals surface area (Å²) in [4.78, 5) is 10.3. The molecule has 6 heteroatoms. The molecule has 0 aromatic heterocycles. The molecule has 0 saturated carbocycles. The lowest BCUT2D eigenvalue weighted by atomic mass is 10.2. The van der Waals surface area contributed by atoms with Crippen molar-refractivity contribution in [3.63, 3.8) is 0 Å². The van der Waals surface area contributed by atoms with E-state index in [4.69, 9.17) is 11.6 Å². The van der Waals surface area contributed by atoms with Gasteiger partial charge in [0.2, 0.25) is 0 Å². The zero-order chi connectivity index (χ0) is 13.7. The Bertz CT molecular complexity index is 612. The molecule has 0 unspecified atom stereocenters. The highest BCUT2D eigenvalue weighted by atomic mass is 35.5. The van der Waals surface area contributed by atoms with Gasteiger partial charge in [-0.1, -0.05) is 35.9 Å². The molecule has 1 N–H and O–H groups in total. The zero-order valence-corrected chi connectivity index (χ0v) is 10.5. The second-order valence-corrected chi connectivity index (χ2v) is 4.13. The minimum absolute atomic E-state index is 0.0178. The number of nitro benzene ring substituents is 1. The van der Waals surface area contributed by atoms with Crippen LogP contribution < -0.4 is 5.43 Å². The van der Waals surface area contributed by atoms with Crippen LogP contribution in [0.25, 0.3) is 0 Å². The average Bonchev–Trinajstić information content (AvgIpc) is 2.41. The SMILES string of the molecule is O=[N+]([O-])c1ccccc1N/N=C\c1ccc(Cl)cc1. The fraction of sp³-hybridized carbons (Fsp3) is 0. The van der Waals surface area contributed by atoms with E-state index in [-0.39, 0.29) is 5.69 Å². The highest BCUT2D eigenvalue weighted by Crippen LogP contribution is 2.22. The third-order valence-electron chi connectivity index (χ3n) is 2.37. The summed E-state index contributed by atoms with van der Waals surface area (Å²) in [7, 11) is 0. The van der Waals surface area contributed by atoms with Gasteiger partial charge >= 0.3 is 0 Å². The summed E-state index contributed by atoms with van der Waals surface area (Å²) in [6.07, 6.45) is 1.56. The number of hydrogen-bond donors (Lipinski definition) is 1. The van der Waals surface area contributed by atoms with Gasteiger partial charge in [0.1, 0.15) is 5.69 Å². The summed E-state index contributed by atoms with van der Waals surface area (Å²) >= 11 is 5.76. The molecule has 0 aliphatic rings. The lowest BCUT2D eigenvalue weighted by Gasteiger charge is -2.01. The number of halogens is 1. The van der Waals surface area contributed by atoms with Gasteiger partial charge in [-0.15, -0.1) is 0 Å². The maximum absolute atomic E-state index is 10.8. The van der Waals surface area contributed by atoms with Crippen molar-refractivity contribution in [2.45, 2.75) is 0 Å². The normalized spacial score (nSPS) is 10.6. The van der Waals surface area contributed by atoms with E-state index in [9.17, 15) is 10.1 Å². The van der Waals surface area contributed by atoms with E-state index in [0.717, 1.165) is 5.56 Å². The van der Waals surface area contributed by atoms with Crippen molar-refractivity contribution >= 4 is 29.2 Å². The number of para-hydroxylation sites is 2. The van der Waals surface area contributed by atoms with Crippen LogP contribution in [0.15, 0.2) is 53.6 Å². The Morgan fingerprint density at radius 1 is 1.16 bits per heavy atom. The van der Waals surface area contributed by atoms with Crippen LogP contribution in [0.1, 0.15) is 5.56 Å². The molecule has 5 nitrogen and oxygen atoms in total. The Hall–Kier alpha value is -2.40. The molecule has 0 spiro atoms. The Morgan fingerprint density at radius 2 is 1.84 bits per heavy atom. The molecule has 0 heterocycles. The first-order valence-corrected chi connectivity index (χ1v) is 5.82. The fourth-order valence-electron chi connectivity index (χ4n) is 1.45. The number of nitrogens with zero attached hydrogens (tertiary/aromatic N) is 2. The number of nitrogens with one attached hydrogen (secondary N) is 1. The minimum Gasteiger partial charge on any atom is -0.272 e. The maximum atomic E-state index is 10.8. The highest BCUT2D eigenvalue weighted by Gasteiger charge is 2.10. The van der Waals surface area contributed by atoms with Crippen LogP contribution in [0.3, 0.4) is 0 Å². The van der Waals surface area contributed by atoms with Crippen LogP contribution in [0.4, 0.5) is 11.4 Å². The molecule has 2 aromatic rings. The number of hydrazone groups is 1. The van der Waals surface area contributed by atoms with Crippen LogP contribution in [0.5, 0.6) is 0 Å². The minimum atomic E-state index is -0.458. The summed E-state index contributed by atoms with van der Waals surface area (Å²) in [5, 5.41) is 15.4. The van der Waals surface area contributed by atoms with Crippen LogP contribution in [-0.2, 0) is 0 Å². The predicted octanol–water partition coefficient (Wildman–Crippen LogP) is 3.69. The summed E-state index contributed by atoms with van der Waals surface area (Å²) in [5.41, 5.74) is 3.82. The van der Waals surface area contributed by atoms with E-state index in [0.29, 0.717) is 10.7 Å². The molecule has 0 bridgehead atoms. The Morgan fingerprint density at radius 3 is 2.53 bits per heavy atom. The number of nitro groups is 1. The molecule has 0 atom stereocenters. The monoisotopic (exact) mass is 275 g/mol. The lowest BCUT2D eigenvalue weighted by Crippen LogP contribution is -1.96. The van der Waals surface area contributed by atoms with Gasteiger partial charge in [-0.25, -0.2) is 0 Å². The van der Waals surface area contributed by atoms with Gasteiger partial charge in [0.05, 0.1) is 11.1 Å². The molecule has 19 heavy (non-hydrogen) atoms. The van der Waals surface area contributed by atoms with Gasteiger partial charge in [-0.05, 0) is 23.8 Å². The molecule has 2 aromatic carbocycles. The molecule has 96 valence electrons. The van der Waals surface area contributed by atoms with Gasteiger partial charge in [-0.2, -0.15) is 5.10 Å². The van der Waals surface area contributed by atoms with E-state index in [1.165, 1.54) is 6.07 Å². The van der Waals surface area contributed by atoms with Crippen molar-refractivity contribution < 1.29 is 4.92 Å². The largest absolute Gasteiger partial charge is 0.294 e. The van der Waals surface area contributed by atoms with Crippen LogP contribution in [0.2, 0.25) is 5.02 Å². The van der Waals surface area contributed by atoms with Crippen molar-refractivity contribution in [3.8, 4) is 0 Å². The molecule has 2 rings (SSSR count). The summed E-state index contributed by atoms with van der Waals surface area (Å²) in [5.74, 6) is 0. The number of anilines is 1. The molecule has 0 fully saturated rings. The summed E-state index contributed by atoms with van der Waals surface area (Å²) in [6.45, 7) is 0. The van der Waals surface area contributed by atoms with E-state index in [1.807, 2.05) is 0 Å². The topological polar surface area (TPSA) is 67.5 Å². The van der Waals surface area contributed by atoms with E-state index in [2.05, 4.69) is 10.5 Å². The number of benzene rings is 2. The first-order valence-electron chi connectivity index (χ1n) is 5.45. The van der Waals surface area contributed by atoms with Crippen LogP contribution in [0, 0.1) is 10.1 Å². The van der Waals surface area contributed by atoms with Crippen LogP contribution in [-0.4, -0.2) is 11.1 Å². The quantitative estimate of drug-likeness (QED) is 0.525. The van der Waals surface area contributed by atoms with Gasteiger partial charge in [0, 0.05) is 11.1 Å². The van der Waals surface area contributed by atoms with Crippen LogP contribution >= 0.6 is 11.6 Å². The van der Waals surface area contributed by atoms with E-state index >= 15 is 0 Å². The second kappa shape index (κ2) is 5.97. The van der Waals surface area contributed by atoms with E-state index in [1.54, 1.807) is 48.7 Å². The predicted molar refractivity (Wildman–Crippen MR) is 75.8 cm³/mol. The van der Waals surface area contributed by atoms with Gasteiger partial charge in [0.25, 0.3) is 5.69 Å². The first kappa shape index (κ1) is 13.0. The van der Waals surface area contributed by atoms with E-state index < -0.39 is 4.92 Å². The summed E-state index contributed by atoms with van der Waals surface area (Å²) in [6, 6.07) is 13.4.